The highest BCUT2D eigenvalue weighted by Gasteiger charge is 2.30. The number of pyridine rings is 2. The molecule has 1 saturated carbocycles. The monoisotopic (exact) mass is 381 g/mol. The van der Waals surface area contributed by atoms with Crippen LogP contribution in [0.3, 0.4) is 0 Å². The molecule has 4 aromatic rings. The van der Waals surface area contributed by atoms with Gasteiger partial charge in [0.25, 0.3) is 0 Å². The molecule has 0 spiro atoms. The average Bonchev–Trinajstić information content (AvgIpc) is 3.54. The van der Waals surface area contributed by atoms with Crippen LogP contribution in [0.2, 0.25) is 0 Å². The summed E-state index contributed by atoms with van der Waals surface area (Å²) < 4.78 is 1.69. The van der Waals surface area contributed by atoms with Gasteiger partial charge in [-0.25, -0.2) is 4.52 Å². The first kappa shape index (κ1) is 17.1. The number of anilines is 1. The maximum Gasteiger partial charge on any atom is 0.425 e. The number of hydrogen-bond donors (Lipinski definition) is 1. The Morgan fingerprint density at radius 1 is 1.07 bits per heavy atom. The number of nitrogens with zero attached hydrogens (tertiary/aromatic N) is 5. The van der Waals surface area contributed by atoms with Crippen LogP contribution in [0, 0.1) is 12.5 Å². The first-order valence-electron chi connectivity index (χ1n) is 9.35. The van der Waals surface area contributed by atoms with E-state index >= 15 is 0 Å². The zero-order valence-corrected chi connectivity index (χ0v) is 15.5. The molecule has 7 heteroatoms. The van der Waals surface area contributed by atoms with Gasteiger partial charge in [-0.2, -0.15) is 9.83 Å². The largest absolute Gasteiger partial charge is 0.425 e. The first-order valence-corrected chi connectivity index (χ1v) is 9.35. The molecule has 3 aromatic heterocycles. The highest BCUT2D eigenvalue weighted by atomic mass is 16.2. The minimum absolute atomic E-state index is 0.00567. The maximum absolute atomic E-state index is 12.0. The summed E-state index contributed by atoms with van der Waals surface area (Å²) in [6, 6.07) is 15.7. The molecule has 29 heavy (non-hydrogen) atoms. The molecule has 0 bridgehead atoms. The van der Waals surface area contributed by atoms with E-state index in [2.05, 4.69) is 25.2 Å². The molecule has 1 aliphatic carbocycles. The van der Waals surface area contributed by atoms with Gasteiger partial charge in [0.1, 0.15) is 12.8 Å². The Kier molecular flexibility index (Phi) is 4.03. The molecule has 7 nitrogen and oxygen atoms in total. The number of rotatable bonds is 4. The van der Waals surface area contributed by atoms with Crippen molar-refractivity contribution in [2.75, 3.05) is 5.32 Å². The van der Waals surface area contributed by atoms with Gasteiger partial charge in [0.05, 0.1) is 6.07 Å². The van der Waals surface area contributed by atoms with Crippen molar-refractivity contribution in [3.8, 4) is 28.8 Å². The lowest BCUT2D eigenvalue weighted by Crippen LogP contribution is -2.14. The van der Waals surface area contributed by atoms with Crippen LogP contribution in [0.5, 0.6) is 0 Å². The third-order valence-corrected chi connectivity index (χ3v) is 4.95. The summed E-state index contributed by atoms with van der Waals surface area (Å²) in [5, 5.41) is 7.18. The van der Waals surface area contributed by atoms with Gasteiger partial charge >= 0.3 is 5.82 Å². The number of carbonyl (C=O) groups excluding carboxylic acids is 1. The molecular weight excluding hydrogens is 364 g/mol. The van der Waals surface area contributed by atoms with Crippen molar-refractivity contribution in [1.29, 1.82) is 0 Å². The molecule has 3 heterocycles. The lowest BCUT2D eigenvalue weighted by atomic mass is 10.0. The first-order chi connectivity index (χ1) is 14.2. The highest BCUT2D eigenvalue weighted by Crippen LogP contribution is 2.31. The SMILES string of the molecule is C#[N+]c1ccc(-c2ccc(-c3cccn4nc(NC(=O)C5CC5)nc34)cc2)cn1. The summed E-state index contributed by atoms with van der Waals surface area (Å²) in [5.74, 6) is 0.931. The number of fused-ring (bicyclic) bond motifs is 1. The number of benzene rings is 1. The Labute approximate surface area is 166 Å². The van der Waals surface area contributed by atoms with E-state index in [1.165, 1.54) is 0 Å². The van der Waals surface area contributed by atoms with Gasteiger partial charge in [-0.05, 0) is 47.2 Å². The number of carbonyl (C=O) groups is 1. The number of aromatic nitrogens is 4. The quantitative estimate of drug-likeness (QED) is 0.568. The van der Waals surface area contributed by atoms with Gasteiger partial charge < -0.3 is 0 Å². The molecule has 1 aliphatic rings. The summed E-state index contributed by atoms with van der Waals surface area (Å²) in [5.41, 5.74) is 4.66. The van der Waals surface area contributed by atoms with Crippen molar-refractivity contribution in [3.05, 3.63) is 65.8 Å². The van der Waals surface area contributed by atoms with Gasteiger partial charge in [-0.1, -0.05) is 24.3 Å². The molecule has 140 valence electrons. The van der Waals surface area contributed by atoms with E-state index in [4.69, 9.17) is 6.57 Å². The Balaban J connectivity index is 1.45. The fourth-order valence-corrected chi connectivity index (χ4v) is 3.22. The molecule has 5 rings (SSSR count). The number of hydrogen-bond acceptors (Lipinski definition) is 4. The summed E-state index contributed by atoms with van der Waals surface area (Å²) in [6.45, 7) is 5.24. The second-order valence-corrected chi connectivity index (χ2v) is 7.00. The van der Waals surface area contributed by atoms with Gasteiger partial charge in [-0.15, -0.1) is 5.10 Å². The minimum Gasteiger partial charge on any atom is -0.293 e. The normalized spacial score (nSPS) is 13.2. The van der Waals surface area contributed by atoms with E-state index in [0.717, 1.165) is 35.1 Å². The van der Waals surface area contributed by atoms with Crippen LogP contribution < -0.4 is 5.32 Å². The Hall–Kier alpha value is -4.05. The average molecular weight is 381 g/mol. The molecule has 1 fully saturated rings. The second-order valence-electron chi connectivity index (χ2n) is 7.00. The molecule has 0 saturated heterocycles. The predicted molar refractivity (Wildman–Crippen MR) is 111 cm³/mol. The Morgan fingerprint density at radius 2 is 1.83 bits per heavy atom. The lowest BCUT2D eigenvalue weighted by molar-refractivity contribution is -0.117. The fraction of sp³-hybridized carbons (Fsp3) is 0.136. The van der Waals surface area contributed by atoms with Crippen LogP contribution in [0.25, 0.3) is 32.7 Å². The predicted octanol–water partition coefficient (Wildman–Crippen LogP) is 4.40. The number of amides is 1. The topological polar surface area (TPSA) is 76.5 Å². The van der Waals surface area contributed by atoms with E-state index in [1.54, 1.807) is 16.8 Å². The van der Waals surface area contributed by atoms with Crippen molar-refractivity contribution in [2.24, 2.45) is 5.92 Å². The zero-order valence-electron chi connectivity index (χ0n) is 15.5. The van der Waals surface area contributed by atoms with Gasteiger partial charge in [-0.3, -0.25) is 10.1 Å². The summed E-state index contributed by atoms with van der Waals surface area (Å²) >= 11 is 0. The zero-order chi connectivity index (χ0) is 19.8. The standard InChI is InChI=1S/C22H16N6O/c1-23-19-11-10-17(13-24-19)14-4-6-15(7-5-14)18-3-2-12-28-20(18)25-22(27-28)26-21(29)16-8-9-16/h1-7,10-13,16H,8-9H2/p+1. The molecule has 1 N–H and O–H groups in total. The second kappa shape index (κ2) is 6.84. The Bertz CT molecular complexity index is 1250. The van der Waals surface area contributed by atoms with Crippen molar-refractivity contribution in [3.63, 3.8) is 0 Å². The van der Waals surface area contributed by atoms with E-state index in [9.17, 15) is 4.79 Å². The molecule has 1 amide bonds. The fourth-order valence-electron chi connectivity index (χ4n) is 3.22. The van der Waals surface area contributed by atoms with E-state index in [-0.39, 0.29) is 11.8 Å². The van der Waals surface area contributed by atoms with E-state index in [1.807, 2.05) is 48.7 Å². The lowest BCUT2D eigenvalue weighted by Gasteiger charge is -2.05. The van der Waals surface area contributed by atoms with Crippen LogP contribution >= 0.6 is 0 Å². The van der Waals surface area contributed by atoms with Gasteiger partial charge in [0.2, 0.25) is 11.9 Å². The molecular formula is C22H17N6O+. The molecule has 0 radical (unpaired) electrons. The van der Waals surface area contributed by atoms with Crippen molar-refractivity contribution < 1.29 is 4.79 Å². The molecule has 1 aromatic carbocycles. The molecule has 0 atom stereocenters. The minimum atomic E-state index is -0.00567. The molecule has 0 aliphatic heterocycles. The van der Waals surface area contributed by atoms with E-state index in [0.29, 0.717) is 17.4 Å². The third-order valence-electron chi connectivity index (χ3n) is 4.95. The van der Waals surface area contributed by atoms with Gasteiger partial charge in [0.15, 0.2) is 5.65 Å². The van der Waals surface area contributed by atoms with Crippen LogP contribution in [0.15, 0.2) is 60.9 Å². The van der Waals surface area contributed by atoms with Gasteiger partial charge in [0, 0.05) is 23.2 Å². The third kappa shape index (κ3) is 3.32. The van der Waals surface area contributed by atoms with Crippen LogP contribution in [-0.2, 0) is 4.79 Å². The number of nitrogens with one attached hydrogen (secondary N) is 1. The summed E-state index contributed by atoms with van der Waals surface area (Å²) in [7, 11) is 0. The van der Waals surface area contributed by atoms with E-state index < -0.39 is 0 Å². The smallest absolute Gasteiger partial charge is 0.293 e. The summed E-state index contributed by atoms with van der Waals surface area (Å²) in [4.78, 5) is 24.3. The highest BCUT2D eigenvalue weighted by molar-refractivity contribution is 5.93. The van der Waals surface area contributed by atoms with Crippen LogP contribution in [0.4, 0.5) is 11.8 Å². The van der Waals surface area contributed by atoms with Crippen molar-refractivity contribution in [1.82, 2.24) is 19.6 Å². The van der Waals surface area contributed by atoms with Crippen LogP contribution in [0.1, 0.15) is 12.8 Å². The van der Waals surface area contributed by atoms with Crippen LogP contribution in [-0.4, -0.2) is 25.5 Å². The summed E-state index contributed by atoms with van der Waals surface area (Å²) in [6.07, 6.45) is 5.45. The Morgan fingerprint density at radius 3 is 2.52 bits per heavy atom. The van der Waals surface area contributed by atoms with Crippen molar-refractivity contribution >= 4 is 23.3 Å². The maximum atomic E-state index is 12.0. The van der Waals surface area contributed by atoms with Crippen molar-refractivity contribution in [2.45, 2.75) is 12.8 Å². The molecule has 0 unspecified atom stereocenters.